The predicted octanol–water partition coefficient (Wildman–Crippen LogP) is 6.02. The van der Waals surface area contributed by atoms with Gasteiger partial charge in [0.25, 0.3) is 0 Å². The van der Waals surface area contributed by atoms with Crippen LogP contribution in [-0.4, -0.2) is 20.4 Å². The van der Waals surface area contributed by atoms with Crippen molar-refractivity contribution >= 4 is 33.4 Å². The number of rotatable bonds is 9. The van der Waals surface area contributed by atoms with Gasteiger partial charge in [-0.05, 0) is 61.2 Å². The second-order valence-electron chi connectivity index (χ2n) is 8.56. The molecule has 0 bridgehead atoms. The van der Waals surface area contributed by atoms with Crippen molar-refractivity contribution in [3.63, 3.8) is 0 Å². The molecule has 0 aliphatic heterocycles. The molecule has 1 amide bonds. The Balaban J connectivity index is 1.31. The van der Waals surface area contributed by atoms with E-state index in [1.807, 2.05) is 54.6 Å². The van der Waals surface area contributed by atoms with Gasteiger partial charge >= 0.3 is 0 Å². The van der Waals surface area contributed by atoms with E-state index >= 15 is 0 Å². The number of amides is 1. The number of aryl methyl sites for hydroxylation is 1. The summed E-state index contributed by atoms with van der Waals surface area (Å²) in [6.07, 6.45) is 5.98. The Bertz CT molecular complexity index is 1190. The van der Waals surface area contributed by atoms with Gasteiger partial charge in [0, 0.05) is 22.3 Å². The second kappa shape index (κ2) is 11.7. The van der Waals surface area contributed by atoms with Gasteiger partial charge in [-0.1, -0.05) is 73.5 Å². The summed E-state index contributed by atoms with van der Waals surface area (Å²) in [4.78, 5) is 15.0. The number of hydrogen-bond acceptors (Lipinski definition) is 4. The average Bonchev–Trinajstić information content (AvgIpc) is 2.85. The molecule has 7 heteroatoms. The summed E-state index contributed by atoms with van der Waals surface area (Å²) >= 11 is 1.61. The Morgan fingerprint density at radius 3 is 2.26 bits per heavy atom. The molecule has 0 spiro atoms. The molecule has 5 nitrogen and oxygen atoms in total. The smallest absolute Gasteiger partial charge is 0.240 e. The lowest BCUT2D eigenvalue weighted by Gasteiger charge is -2.22. The molecule has 0 atom stereocenters. The summed E-state index contributed by atoms with van der Waals surface area (Å²) in [6.45, 7) is 0. The van der Waals surface area contributed by atoms with E-state index in [0.717, 1.165) is 46.7 Å². The van der Waals surface area contributed by atoms with Crippen LogP contribution in [0.2, 0.25) is 0 Å². The predicted molar refractivity (Wildman–Crippen MR) is 138 cm³/mol. The Kier molecular flexibility index (Phi) is 8.43. The van der Waals surface area contributed by atoms with Gasteiger partial charge in [0.2, 0.25) is 15.9 Å². The molecule has 0 radical (unpaired) electrons. The van der Waals surface area contributed by atoms with Gasteiger partial charge in [0.15, 0.2) is 0 Å². The van der Waals surface area contributed by atoms with E-state index in [0.29, 0.717) is 12.8 Å². The fourth-order valence-electron chi connectivity index (χ4n) is 4.09. The zero-order chi connectivity index (χ0) is 23.8. The molecule has 34 heavy (non-hydrogen) atoms. The second-order valence-corrected chi connectivity index (χ2v) is 11.4. The van der Waals surface area contributed by atoms with Crippen molar-refractivity contribution in [1.29, 1.82) is 0 Å². The molecule has 178 valence electrons. The maximum absolute atomic E-state index is 12.7. The summed E-state index contributed by atoms with van der Waals surface area (Å²) < 4.78 is 28.2. The lowest BCUT2D eigenvalue weighted by atomic mass is 9.96. The van der Waals surface area contributed by atoms with Gasteiger partial charge in [0.05, 0.1) is 10.6 Å². The Labute approximate surface area is 206 Å². The first kappa shape index (κ1) is 24.5. The van der Waals surface area contributed by atoms with E-state index in [-0.39, 0.29) is 16.8 Å². The van der Waals surface area contributed by atoms with E-state index in [4.69, 9.17) is 0 Å². The van der Waals surface area contributed by atoms with Gasteiger partial charge < -0.3 is 5.32 Å². The number of carbonyl (C=O) groups excluding carboxylic acids is 1. The fourth-order valence-corrected chi connectivity index (χ4v) is 6.32. The van der Waals surface area contributed by atoms with Crippen molar-refractivity contribution in [2.75, 3.05) is 5.32 Å². The molecule has 1 saturated carbocycles. The highest BCUT2D eigenvalue weighted by Crippen LogP contribution is 2.33. The first-order valence-corrected chi connectivity index (χ1v) is 14.0. The van der Waals surface area contributed by atoms with Crippen LogP contribution in [0.15, 0.2) is 93.5 Å². The maximum atomic E-state index is 12.7. The van der Waals surface area contributed by atoms with Crippen LogP contribution >= 0.6 is 11.8 Å². The first-order chi connectivity index (χ1) is 16.5. The molecule has 0 heterocycles. The number of nitrogens with one attached hydrogen (secondary N) is 2. The summed E-state index contributed by atoms with van der Waals surface area (Å²) in [5.41, 5.74) is 1.72. The third-order valence-electron chi connectivity index (χ3n) is 5.93. The van der Waals surface area contributed by atoms with E-state index < -0.39 is 10.0 Å². The quantitative estimate of drug-likeness (QED) is 0.381. The highest BCUT2D eigenvalue weighted by atomic mass is 32.2. The van der Waals surface area contributed by atoms with Crippen LogP contribution in [0.5, 0.6) is 0 Å². The van der Waals surface area contributed by atoms with Gasteiger partial charge in [-0.15, -0.1) is 0 Å². The standard InChI is InChI=1S/C27H30N2O3S2/c30-27(28-25-13-7-8-14-26(25)33-23-11-5-2-6-12-23)20-17-21-15-18-24(19-16-21)34(31,32)29-22-9-3-1-4-10-22/h2,5-8,11-16,18-19,22,29H,1,3-4,9-10,17,20H2,(H,28,30). The van der Waals surface area contributed by atoms with Crippen LogP contribution < -0.4 is 10.0 Å². The lowest BCUT2D eigenvalue weighted by molar-refractivity contribution is -0.116. The molecule has 3 aromatic carbocycles. The highest BCUT2D eigenvalue weighted by molar-refractivity contribution is 7.99. The number of anilines is 1. The fraction of sp³-hybridized carbons (Fsp3) is 0.296. The minimum atomic E-state index is -3.51. The number of benzene rings is 3. The van der Waals surface area contributed by atoms with E-state index in [2.05, 4.69) is 10.0 Å². The third-order valence-corrected chi connectivity index (χ3v) is 8.55. The zero-order valence-corrected chi connectivity index (χ0v) is 20.7. The van der Waals surface area contributed by atoms with Crippen molar-refractivity contribution in [1.82, 2.24) is 4.72 Å². The molecule has 2 N–H and O–H groups in total. The minimum absolute atomic E-state index is 0.0325. The van der Waals surface area contributed by atoms with Crippen molar-refractivity contribution in [3.05, 3.63) is 84.4 Å². The number of sulfonamides is 1. The van der Waals surface area contributed by atoms with Crippen LogP contribution in [0.1, 0.15) is 44.1 Å². The van der Waals surface area contributed by atoms with Crippen LogP contribution in [0.4, 0.5) is 5.69 Å². The van der Waals surface area contributed by atoms with Crippen LogP contribution in [-0.2, 0) is 21.2 Å². The van der Waals surface area contributed by atoms with Gasteiger partial charge in [-0.2, -0.15) is 0 Å². The topological polar surface area (TPSA) is 75.3 Å². The molecule has 1 fully saturated rings. The monoisotopic (exact) mass is 494 g/mol. The molecular weight excluding hydrogens is 464 g/mol. The minimum Gasteiger partial charge on any atom is -0.325 e. The van der Waals surface area contributed by atoms with Crippen LogP contribution in [0.3, 0.4) is 0 Å². The molecule has 1 aliphatic rings. The van der Waals surface area contributed by atoms with Crippen molar-refractivity contribution < 1.29 is 13.2 Å². The molecule has 0 unspecified atom stereocenters. The first-order valence-electron chi connectivity index (χ1n) is 11.7. The molecule has 1 aliphatic carbocycles. The molecular formula is C27H30N2O3S2. The number of carbonyl (C=O) groups is 1. The maximum Gasteiger partial charge on any atom is 0.240 e. The number of para-hydroxylation sites is 1. The Hall–Kier alpha value is -2.61. The SMILES string of the molecule is O=C(CCc1ccc(S(=O)(=O)NC2CCCCC2)cc1)Nc1ccccc1Sc1ccccc1. The lowest BCUT2D eigenvalue weighted by Crippen LogP contribution is -2.36. The highest BCUT2D eigenvalue weighted by Gasteiger charge is 2.21. The van der Waals surface area contributed by atoms with Gasteiger partial charge in [-0.3, -0.25) is 4.79 Å². The van der Waals surface area contributed by atoms with Crippen LogP contribution in [0.25, 0.3) is 0 Å². The molecule has 3 aromatic rings. The molecule has 0 aromatic heterocycles. The van der Waals surface area contributed by atoms with Gasteiger partial charge in [-0.25, -0.2) is 13.1 Å². The van der Waals surface area contributed by atoms with Gasteiger partial charge in [0.1, 0.15) is 0 Å². The van der Waals surface area contributed by atoms with E-state index in [9.17, 15) is 13.2 Å². The summed E-state index contributed by atoms with van der Waals surface area (Å²) in [5, 5.41) is 3.02. The van der Waals surface area contributed by atoms with E-state index in [1.54, 1.807) is 36.0 Å². The van der Waals surface area contributed by atoms with Crippen molar-refractivity contribution in [2.24, 2.45) is 0 Å². The average molecular weight is 495 g/mol. The Morgan fingerprint density at radius 1 is 0.853 bits per heavy atom. The largest absolute Gasteiger partial charge is 0.325 e. The molecule has 4 rings (SSSR count). The van der Waals surface area contributed by atoms with Crippen molar-refractivity contribution in [3.8, 4) is 0 Å². The normalized spacial score (nSPS) is 14.6. The summed E-state index contributed by atoms with van der Waals surface area (Å²) in [5.74, 6) is -0.0724. The third kappa shape index (κ3) is 6.95. The zero-order valence-electron chi connectivity index (χ0n) is 19.1. The van der Waals surface area contributed by atoms with Crippen LogP contribution in [0, 0.1) is 0 Å². The Morgan fingerprint density at radius 2 is 1.53 bits per heavy atom. The summed E-state index contributed by atoms with van der Waals surface area (Å²) in [6, 6.07) is 24.7. The summed E-state index contributed by atoms with van der Waals surface area (Å²) in [7, 11) is -3.51. The van der Waals surface area contributed by atoms with E-state index in [1.165, 1.54) is 6.42 Å². The van der Waals surface area contributed by atoms with Crippen molar-refractivity contribution in [2.45, 2.75) is 65.7 Å². The molecule has 0 saturated heterocycles. The number of hydrogen-bond donors (Lipinski definition) is 2.